The van der Waals surface area contributed by atoms with Gasteiger partial charge in [0.15, 0.2) is 5.79 Å². The largest absolute Gasteiger partial charge is 0.353 e. The van der Waals surface area contributed by atoms with E-state index in [1.165, 1.54) is 25.3 Å². The molecule has 2 nitrogen and oxygen atoms in total. The summed E-state index contributed by atoms with van der Waals surface area (Å²) in [6.07, 6.45) is 4.87. The molecule has 0 spiro atoms. The SMILES string of the molecule is COC1(OC)CCCCC1C[Si](C)(C)C(C)(C)C. The van der Waals surface area contributed by atoms with Crippen molar-refractivity contribution in [2.75, 3.05) is 14.2 Å². The van der Waals surface area contributed by atoms with E-state index in [-0.39, 0.29) is 5.79 Å². The van der Waals surface area contributed by atoms with Gasteiger partial charge < -0.3 is 9.47 Å². The maximum absolute atomic E-state index is 5.80. The first-order chi connectivity index (χ1) is 8.18. The van der Waals surface area contributed by atoms with Crippen LogP contribution in [0.25, 0.3) is 0 Å². The summed E-state index contributed by atoms with van der Waals surface area (Å²) in [4.78, 5) is 0. The summed E-state index contributed by atoms with van der Waals surface area (Å²) in [7, 11) is 2.35. The van der Waals surface area contributed by atoms with E-state index in [0.717, 1.165) is 6.42 Å². The molecule has 1 saturated carbocycles. The molecule has 0 N–H and O–H groups in total. The minimum atomic E-state index is -1.27. The summed E-state index contributed by atoms with van der Waals surface area (Å²) in [5.41, 5.74) is 0. The molecule has 1 atom stereocenters. The van der Waals surface area contributed by atoms with E-state index in [4.69, 9.17) is 9.47 Å². The molecular formula is C15H32O2Si. The van der Waals surface area contributed by atoms with Crippen LogP contribution in [0, 0.1) is 5.92 Å². The van der Waals surface area contributed by atoms with Gasteiger partial charge >= 0.3 is 0 Å². The topological polar surface area (TPSA) is 18.5 Å². The lowest BCUT2D eigenvalue weighted by molar-refractivity contribution is -0.250. The van der Waals surface area contributed by atoms with E-state index in [0.29, 0.717) is 11.0 Å². The molecule has 1 rings (SSSR count). The highest BCUT2D eigenvalue weighted by atomic mass is 28.3. The van der Waals surface area contributed by atoms with Crippen LogP contribution in [0.1, 0.15) is 46.5 Å². The minimum Gasteiger partial charge on any atom is -0.353 e. The zero-order valence-electron chi connectivity index (χ0n) is 13.4. The Morgan fingerprint density at radius 3 is 2.11 bits per heavy atom. The van der Waals surface area contributed by atoms with Gasteiger partial charge in [-0.1, -0.05) is 40.3 Å². The Hall–Kier alpha value is 0.137. The Morgan fingerprint density at radius 2 is 1.67 bits per heavy atom. The van der Waals surface area contributed by atoms with Gasteiger partial charge in [-0.3, -0.25) is 0 Å². The van der Waals surface area contributed by atoms with Crippen LogP contribution in [0.2, 0.25) is 24.2 Å². The fourth-order valence-electron chi connectivity index (χ4n) is 2.99. The molecule has 0 heterocycles. The van der Waals surface area contributed by atoms with Gasteiger partial charge in [0.25, 0.3) is 0 Å². The lowest BCUT2D eigenvalue weighted by Crippen LogP contribution is -2.49. The Bertz CT molecular complexity index is 264. The Labute approximate surface area is 114 Å². The standard InChI is InChI=1S/C15H32O2Si/c1-14(2,3)18(6,7)12-13-10-8-9-11-15(13,16-4)17-5/h13H,8-12H2,1-7H3. The van der Waals surface area contributed by atoms with Crippen molar-refractivity contribution in [2.24, 2.45) is 5.92 Å². The van der Waals surface area contributed by atoms with E-state index in [1.54, 1.807) is 0 Å². The van der Waals surface area contributed by atoms with E-state index >= 15 is 0 Å². The third kappa shape index (κ3) is 3.17. The number of methoxy groups -OCH3 is 2. The van der Waals surface area contributed by atoms with Crippen molar-refractivity contribution in [3.05, 3.63) is 0 Å². The molecule has 0 bridgehead atoms. The molecule has 0 saturated heterocycles. The molecule has 1 fully saturated rings. The van der Waals surface area contributed by atoms with Crippen molar-refractivity contribution < 1.29 is 9.47 Å². The van der Waals surface area contributed by atoms with Gasteiger partial charge in [0.2, 0.25) is 0 Å². The van der Waals surface area contributed by atoms with E-state index in [2.05, 4.69) is 33.9 Å². The Morgan fingerprint density at radius 1 is 1.11 bits per heavy atom. The summed E-state index contributed by atoms with van der Waals surface area (Å²) in [5.74, 6) is 0.260. The fraction of sp³-hybridized carbons (Fsp3) is 1.00. The lowest BCUT2D eigenvalue weighted by Gasteiger charge is -2.47. The Kier molecular flexibility index (Phi) is 5.07. The molecule has 1 aliphatic carbocycles. The molecule has 0 radical (unpaired) electrons. The fourth-order valence-corrected chi connectivity index (χ4v) is 5.35. The number of rotatable bonds is 4. The average molecular weight is 273 g/mol. The summed E-state index contributed by atoms with van der Waals surface area (Å²) >= 11 is 0. The van der Waals surface area contributed by atoms with Gasteiger partial charge in [0, 0.05) is 26.6 Å². The molecule has 0 aromatic rings. The summed E-state index contributed by atoms with van der Waals surface area (Å²) in [6, 6.07) is 1.30. The van der Waals surface area contributed by atoms with Crippen molar-refractivity contribution in [2.45, 2.75) is 76.4 Å². The number of hydrogen-bond acceptors (Lipinski definition) is 2. The van der Waals surface area contributed by atoms with Crippen molar-refractivity contribution in [1.29, 1.82) is 0 Å². The minimum absolute atomic E-state index is 0.312. The first-order valence-corrected chi connectivity index (χ1v) is 10.5. The molecule has 1 aliphatic rings. The first kappa shape index (κ1) is 16.2. The predicted octanol–water partition coefficient (Wildman–Crippen LogP) is 4.67. The molecule has 3 heteroatoms. The van der Waals surface area contributed by atoms with Gasteiger partial charge in [0.1, 0.15) is 0 Å². The summed E-state index contributed by atoms with van der Waals surface area (Å²) in [5, 5.41) is 0.442. The van der Waals surface area contributed by atoms with E-state index < -0.39 is 8.07 Å². The second-order valence-electron chi connectivity index (χ2n) is 7.50. The zero-order chi connectivity index (χ0) is 14.0. The molecule has 18 heavy (non-hydrogen) atoms. The third-order valence-corrected chi connectivity index (χ3v) is 11.0. The molecule has 0 aromatic heterocycles. The van der Waals surface area contributed by atoms with Crippen LogP contribution >= 0.6 is 0 Å². The predicted molar refractivity (Wildman–Crippen MR) is 80.7 cm³/mol. The van der Waals surface area contributed by atoms with Gasteiger partial charge in [0.05, 0.1) is 8.07 Å². The second-order valence-corrected chi connectivity index (χ2v) is 13.2. The smallest absolute Gasteiger partial charge is 0.170 e. The summed E-state index contributed by atoms with van der Waals surface area (Å²) in [6.45, 7) is 12.2. The Balaban J connectivity index is 2.86. The van der Waals surface area contributed by atoms with E-state index in [9.17, 15) is 0 Å². The first-order valence-electron chi connectivity index (χ1n) is 7.29. The van der Waals surface area contributed by atoms with Gasteiger partial charge in [-0.25, -0.2) is 0 Å². The number of ether oxygens (including phenoxy) is 2. The average Bonchev–Trinajstić information content (AvgIpc) is 2.28. The second kappa shape index (κ2) is 5.64. The normalized spacial score (nSPS) is 25.2. The van der Waals surface area contributed by atoms with Gasteiger partial charge in [-0.2, -0.15) is 0 Å². The van der Waals surface area contributed by atoms with Crippen LogP contribution in [0.5, 0.6) is 0 Å². The molecular weight excluding hydrogens is 240 g/mol. The zero-order valence-corrected chi connectivity index (χ0v) is 14.4. The molecule has 108 valence electrons. The maximum atomic E-state index is 5.80. The summed E-state index contributed by atoms with van der Waals surface area (Å²) < 4.78 is 11.6. The highest BCUT2D eigenvalue weighted by Crippen LogP contribution is 2.47. The van der Waals surface area contributed by atoms with Crippen LogP contribution < -0.4 is 0 Å². The monoisotopic (exact) mass is 272 g/mol. The van der Waals surface area contributed by atoms with Gasteiger partial charge in [-0.05, 0) is 23.9 Å². The molecule has 1 unspecified atom stereocenters. The van der Waals surface area contributed by atoms with Crippen molar-refractivity contribution >= 4 is 8.07 Å². The van der Waals surface area contributed by atoms with Gasteiger partial charge in [-0.15, -0.1) is 0 Å². The quantitative estimate of drug-likeness (QED) is 0.547. The highest BCUT2D eigenvalue weighted by Gasteiger charge is 2.46. The van der Waals surface area contributed by atoms with Crippen molar-refractivity contribution in [3.63, 3.8) is 0 Å². The van der Waals surface area contributed by atoms with E-state index in [1.807, 2.05) is 14.2 Å². The number of hydrogen-bond donors (Lipinski definition) is 0. The van der Waals surface area contributed by atoms with Crippen LogP contribution in [-0.4, -0.2) is 28.1 Å². The third-order valence-electron chi connectivity index (χ3n) is 5.43. The van der Waals surface area contributed by atoms with Crippen molar-refractivity contribution in [3.8, 4) is 0 Å². The lowest BCUT2D eigenvalue weighted by atomic mass is 9.84. The molecule has 0 aliphatic heterocycles. The van der Waals surface area contributed by atoms with Crippen molar-refractivity contribution in [1.82, 2.24) is 0 Å². The molecule has 0 aromatic carbocycles. The highest BCUT2D eigenvalue weighted by molar-refractivity contribution is 6.80. The molecule has 0 amide bonds. The van der Waals surface area contributed by atoms with Crippen LogP contribution in [-0.2, 0) is 9.47 Å². The van der Waals surface area contributed by atoms with Crippen LogP contribution in [0.15, 0.2) is 0 Å². The van der Waals surface area contributed by atoms with Crippen LogP contribution in [0.3, 0.4) is 0 Å². The maximum Gasteiger partial charge on any atom is 0.170 e. The van der Waals surface area contributed by atoms with Crippen LogP contribution in [0.4, 0.5) is 0 Å².